The van der Waals surface area contributed by atoms with Gasteiger partial charge in [0, 0.05) is 0 Å². The van der Waals surface area contributed by atoms with E-state index in [9.17, 15) is 4.79 Å². The molecule has 0 N–H and O–H groups in total. The first kappa shape index (κ1) is 13.9. The fraction of sp³-hybridized carbons (Fsp3) is 0.714. The van der Waals surface area contributed by atoms with E-state index in [-0.39, 0.29) is 17.9 Å². The van der Waals surface area contributed by atoms with Crippen molar-refractivity contribution in [3.8, 4) is 6.08 Å². The Kier molecular flexibility index (Phi) is 4.45. The second-order valence-corrected chi connectivity index (χ2v) is 5.38. The number of hydrogen-bond acceptors (Lipinski definition) is 5. The molecule has 106 valence electrons. The molecule has 1 saturated carbocycles. The van der Waals surface area contributed by atoms with Crippen LogP contribution >= 0.6 is 0 Å². The Bertz CT molecular complexity index is 419. The Morgan fingerprint density at radius 1 is 1.37 bits per heavy atom. The van der Waals surface area contributed by atoms with E-state index in [4.69, 9.17) is 13.9 Å². The van der Waals surface area contributed by atoms with Crippen molar-refractivity contribution >= 4 is 5.97 Å². The van der Waals surface area contributed by atoms with Crippen molar-refractivity contribution in [3.05, 3.63) is 12.0 Å². The number of carbonyl (C=O) groups excluding carboxylic acids is 1. The van der Waals surface area contributed by atoms with Gasteiger partial charge in [-0.15, -0.1) is 0 Å². The summed E-state index contributed by atoms with van der Waals surface area (Å²) in [6.07, 6.45) is 4.80. The van der Waals surface area contributed by atoms with E-state index in [0.717, 1.165) is 12.8 Å². The maximum Gasteiger partial charge on any atom is 0.394 e. The lowest BCUT2D eigenvalue weighted by Gasteiger charge is -2.30. The predicted octanol–water partition coefficient (Wildman–Crippen LogP) is 3.05. The molecule has 0 saturated heterocycles. The molecule has 19 heavy (non-hydrogen) atoms. The van der Waals surface area contributed by atoms with Gasteiger partial charge in [0.2, 0.25) is 0 Å². The summed E-state index contributed by atoms with van der Waals surface area (Å²) in [5.41, 5.74) is 0.161. The van der Waals surface area contributed by atoms with Crippen LogP contribution in [0.5, 0.6) is 6.08 Å². The third-order valence-electron chi connectivity index (χ3n) is 3.37. The molecule has 1 heterocycles. The van der Waals surface area contributed by atoms with Crippen LogP contribution in [0.15, 0.2) is 10.7 Å². The topological polar surface area (TPSA) is 61.6 Å². The summed E-state index contributed by atoms with van der Waals surface area (Å²) < 4.78 is 15.7. The maximum absolute atomic E-state index is 11.5. The zero-order chi connectivity index (χ0) is 13.8. The van der Waals surface area contributed by atoms with Gasteiger partial charge in [-0.25, -0.2) is 4.79 Å². The standard InChI is InChI=1S/C14H21NO4/c1-4-17-13(16)12-8-18-14(15-12)19-11-6-9(2)5-10(3)7-11/h8-11H,4-7H2,1-3H3. The highest BCUT2D eigenvalue weighted by molar-refractivity contribution is 5.86. The van der Waals surface area contributed by atoms with Crippen LogP contribution in [0, 0.1) is 11.8 Å². The minimum atomic E-state index is -0.480. The Balaban J connectivity index is 1.94. The van der Waals surface area contributed by atoms with Gasteiger partial charge in [-0.2, -0.15) is 4.98 Å². The van der Waals surface area contributed by atoms with E-state index in [0.29, 0.717) is 18.4 Å². The van der Waals surface area contributed by atoms with Crippen LogP contribution in [-0.4, -0.2) is 23.7 Å². The van der Waals surface area contributed by atoms with Crippen molar-refractivity contribution in [2.45, 2.75) is 46.1 Å². The minimum Gasteiger partial charge on any atom is -0.461 e. The van der Waals surface area contributed by atoms with Gasteiger partial charge in [-0.05, 0) is 38.0 Å². The van der Waals surface area contributed by atoms with E-state index < -0.39 is 5.97 Å². The van der Waals surface area contributed by atoms with Gasteiger partial charge < -0.3 is 13.9 Å². The first-order chi connectivity index (χ1) is 9.08. The van der Waals surface area contributed by atoms with E-state index in [1.165, 1.54) is 12.7 Å². The molecule has 1 fully saturated rings. The van der Waals surface area contributed by atoms with E-state index in [1.54, 1.807) is 6.92 Å². The van der Waals surface area contributed by atoms with Crippen LogP contribution in [-0.2, 0) is 4.74 Å². The molecule has 0 amide bonds. The zero-order valence-electron chi connectivity index (χ0n) is 11.7. The molecule has 0 aromatic carbocycles. The third kappa shape index (κ3) is 3.72. The van der Waals surface area contributed by atoms with Gasteiger partial charge in [-0.3, -0.25) is 0 Å². The van der Waals surface area contributed by atoms with Gasteiger partial charge in [0.1, 0.15) is 12.4 Å². The Labute approximate surface area is 113 Å². The molecule has 0 radical (unpaired) electrons. The third-order valence-corrected chi connectivity index (χ3v) is 3.37. The van der Waals surface area contributed by atoms with Crippen molar-refractivity contribution < 1.29 is 18.7 Å². The Morgan fingerprint density at radius 3 is 2.68 bits per heavy atom. The number of ether oxygens (including phenoxy) is 2. The monoisotopic (exact) mass is 267 g/mol. The van der Waals surface area contributed by atoms with E-state index in [1.807, 2.05) is 0 Å². The lowest BCUT2D eigenvalue weighted by Crippen LogP contribution is -2.28. The van der Waals surface area contributed by atoms with Gasteiger partial charge in [0.25, 0.3) is 0 Å². The number of aromatic nitrogens is 1. The van der Waals surface area contributed by atoms with Crippen molar-refractivity contribution in [2.75, 3.05) is 6.61 Å². The zero-order valence-corrected chi connectivity index (χ0v) is 11.7. The number of oxazole rings is 1. The van der Waals surface area contributed by atoms with Crippen LogP contribution in [0.25, 0.3) is 0 Å². The lowest BCUT2D eigenvalue weighted by molar-refractivity contribution is 0.0516. The summed E-state index contributed by atoms with van der Waals surface area (Å²) in [5, 5.41) is 0. The predicted molar refractivity (Wildman–Crippen MR) is 69.1 cm³/mol. The van der Waals surface area contributed by atoms with Crippen LogP contribution in [0.2, 0.25) is 0 Å². The second kappa shape index (κ2) is 6.08. The van der Waals surface area contributed by atoms with Crippen LogP contribution in [0.1, 0.15) is 50.5 Å². The molecule has 2 rings (SSSR count). The van der Waals surface area contributed by atoms with Crippen molar-refractivity contribution in [1.29, 1.82) is 0 Å². The summed E-state index contributed by atoms with van der Waals surface area (Å²) in [6.45, 7) is 6.52. The molecule has 5 heteroatoms. The molecule has 1 aromatic heterocycles. The summed E-state index contributed by atoms with van der Waals surface area (Å²) >= 11 is 0. The lowest BCUT2D eigenvalue weighted by atomic mass is 9.82. The number of nitrogens with zero attached hydrogens (tertiary/aromatic N) is 1. The van der Waals surface area contributed by atoms with Crippen molar-refractivity contribution in [3.63, 3.8) is 0 Å². The molecular weight excluding hydrogens is 246 g/mol. The van der Waals surface area contributed by atoms with E-state index >= 15 is 0 Å². The smallest absolute Gasteiger partial charge is 0.394 e. The Hall–Kier alpha value is -1.52. The molecule has 0 bridgehead atoms. The van der Waals surface area contributed by atoms with E-state index in [2.05, 4.69) is 18.8 Å². The van der Waals surface area contributed by atoms with Crippen molar-refractivity contribution in [2.24, 2.45) is 11.8 Å². The van der Waals surface area contributed by atoms with Gasteiger partial charge in [0.15, 0.2) is 5.69 Å². The average molecular weight is 267 g/mol. The summed E-state index contributed by atoms with van der Waals surface area (Å²) in [5.74, 6) is 0.813. The molecule has 1 aromatic rings. The number of carbonyl (C=O) groups is 1. The highest BCUT2D eigenvalue weighted by Gasteiger charge is 2.26. The molecule has 5 nitrogen and oxygen atoms in total. The molecule has 2 atom stereocenters. The van der Waals surface area contributed by atoms with Gasteiger partial charge >= 0.3 is 12.0 Å². The molecule has 1 aliphatic carbocycles. The fourth-order valence-electron chi connectivity index (χ4n) is 2.72. The molecule has 0 spiro atoms. The van der Waals surface area contributed by atoms with Crippen molar-refractivity contribution in [1.82, 2.24) is 4.98 Å². The first-order valence-corrected chi connectivity index (χ1v) is 6.87. The SMILES string of the molecule is CCOC(=O)c1coc(OC2CC(C)CC(C)C2)n1. The maximum atomic E-state index is 11.5. The average Bonchev–Trinajstić information content (AvgIpc) is 2.76. The quantitative estimate of drug-likeness (QED) is 0.784. The van der Waals surface area contributed by atoms with Crippen LogP contribution in [0.3, 0.4) is 0 Å². The Morgan fingerprint density at radius 2 is 2.05 bits per heavy atom. The summed E-state index contributed by atoms with van der Waals surface area (Å²) in [7, 11) is 0. The highest BCUT2D eigenvalue weighted by Crippen LogP contribution is 2.31. The normalized spacial score (nSPS) is 27.0. The summed E-state index contributed by atoms with van der Waals surface area (Å²) in [6, 6.07) is 0. The molecule has 0 aliphatic heterocycles. The fourth-order valence-corrected chi connectivity index (χ4v) is 2.72. The molecular formula is C14H21NO4. The van der Waals surface area contributed by atoms with Gasteiger partial charge in [0.05, 0.1) is 6.61 Å². The first-order valence-electron chi connectivity index (χ1n) is 6.87. The van der Waals surface area contributed by atoms with Crippen LogP contribution < -0.4 is 4.74 Å². The second-order valence-electron chi connectivity index (χ2n) is 5.38. The minimum absolute atomic E-state index is 0.118. The largest absolute Gasteiger partial charge is 0.461 e. The number of rotatable bonds is 4. The molecule has 2 unspecified atom stereocenters. The highest BCUT2D eigenvalue weighted by atomic mass is 16.6. The number of hydrogen-bond donors (Lipinski definition) is 0. The summed E-state index contributed by atoms with van der Waals surface area (Å²) in [4.78, 5) is 15.5. The van der Waals surface area contributed by atoms with Gasteiger partial charge in [-0.1, -0.05) is 13.8 Å². The number of esters is 1. The molecule has 1 aliphatic rings. The van der Waals surface area contributed by atoms with Crippen LogP contribution in [0.4, 0.5) is 0 Å².